The van der Waals surface area contributed by atoms with Crippen molar-refractivity contribution in [3.05, 3.63) is 228 Å². The first kappa shape index (κ1) is 38.8. The summed E-state index contributed by atoms with van der Waals surface area (Å²) in [7, 11) is 0. The van der Waals surface area contributed by atoms with E-state index >= 15 is 0 Å². The van der Waals surface area contributed by atoms with Crippen molar-refractivity contribution >= 4 is 60.8 Å². The summed E-state index contributed by atoms with van der Waals surface area (Å²) in [6.07, 6.45) is 0. The lowest BCUT2D eigenvalue weighted by atomic mass is 9.70. The molecule has 9 aromatic carbocycles. The van der Waals surface area contributed by atoms with Crippen LogP contribution in [0.2, 0.25) is 0 Å². The molecule has 0 N–H and O–H groups in total. The van der Waals surface area contributed by atoms with Gasteiger partial charge in [0.15, 0.2) is 5.58 Å². The van der Waals surface area contributed by atoms with E-state index in [-0.39, 0.29) is 10.8 Å². The van der Waals surface area contributed by atoms with E-state index in [0.29, 0.717) is 0 Å². The van der Waals surface area contributed by atoms with Gasteiger partial charge < -0.3 is 13.9 Å². The first-order valence-electron chi connectivity index (χ1n) is 23.3. The molecular weight excluding hydrogens is 801 g/mol. The molecule has 2 aliphatic carbocycles. The minimum absolute atomic E-state index is 0.0348. The largest absolute Gasteiger partial charge is 0.454 e. The SMILES string of the molecule is CC(C)(C)c1cc(-n2c3ccccc3c3c(N(c4ccc5c(c4)C4(c6ccccc6-c6ccccc64)c4ccccc4-5)c4cccc5c4oc4ccccc45)cccc32)cc(C(C)(C)C)c1. The number of rotatable bonds is 4. The van der Waals surface area contributed by atoms with Gasteiger partial charge in [-0.1, -0.05) is 181 Å². The quantitative estimate of drug-likeness (QED) is 0.176. The van der Waals surface area contributed by atoms with E-state index in [1.165, 1.54) is 77.6 Å². The molecule has 0 bridgehead atoms. The monoisotopic (exact) mass is 850 g/mol. The molecule has 2 aromatic heterocycles. The van der Waals surface area contributed by atoms with E-state index in [1.54, 1.807) is 0 Å². The third-order valence-corrected chi connectivity index (χ3v) is 14.7. The third kappa shape index (κ3) is 5.31. The minimum Gasteiger partial charge on any atom is -0.454 e. The van der Waals surface area contributed by atoms with Gasteiger partial charge in [0.1, 0.15) is 5.58 Å². The summed E-state index contributed by atoms with van der Waals surface area (Å²) in [6.45, 7) is 13.9. The van der Waals surface area contributed by atoms with Crippen LogP contribution in [-0.4, -0.2) is 4.57 Å². The van der Waals surface area contributed by atoms with Gasteiger partial charge >= 0.3 is 0 Å². The van der Waals surface area contributed by atoms with Crippen LogP contribution in [0.5, 0.6) is 0 Å². The van der Waals surface area contributed by atoms with Crippen molar-refractivity contribution < 1.29 is 4.42 Å². The summed E-state index contributed by atoms with van der Waals surface area (Å²) in [6, 6.07) is 72.5. The molecule has 13 rings (SSSR count). The highest BCUT2D eigenvalue weighted by molar-refractivity contribution is 6.18. The normalized spacial score (nSPS) is 13.7. The zero-order chi connectivity index (χ0) is 44.7. The number of hydrogen-bond donors (Lipinski definition) is 0. The van der Waals surface area contributed by atoms with Gasteiger partial charge in [-0.05, 0) is 121 Å². The van der Waals surface area contributed by atoms with Crippen LogP contribution in [0.15, 0.2) is 199 Å². The second-order valence-electron chi connectivity index (χ2n) is 20.5. The summed E-state index contributed by atoms with van der Waals surface area (Å²) in [5, 5.41) is 4.60. The molecule has 1 spiro atoms. The fourth-order valence-electron chi connectivity index (χ4n) is 11.6. The topological polar surface area (TPSA) is 21.3 Å². The highest BCUT2D eigenvalue weighted by atomic mass is 16.3. The number of para-hydroxylation sites is 3. The second kappa shape index (κ2) is 13.7. The van der Waals surface area contributed by atoms with Crippen LogP contribution >= 0.6 is 0 Å². The molecule has 0 atom stereocenters. The van der Waals surface area contributed by atoms with Crippen molar-refractivity contribution in [1.82, 2.24) is 4.57 Å². The van der Waals surface area contributed by atoms with Crippen molar-refractivity contribution in [2.24, 2.45) is 0 Å². The Kier molecular flexibility index (Phi) is 8.06. The average Bonchev–Trinajstić information content (AvgIpc) is 4.05. The lowest BCUT2D eigenvalue weighted by Gasteiger charge is -2.32. The fraction of sp³-hybridized carbons (Fsp3) is 0.143. The number of hydrogen-bond acceptors (Lipinski definition) is 2. The van der Waals surface area contributed by atoms with E-state index < -0.39 is 5.41 Å². The van der Waals surface area contributed by atoms with E-state index in [9.17, 15) is 0 Å². The number of anilines is 3. The molecule has 0 aliphatic heterocycles. The highest BCUT2D eigenvalue weighted by Gasteiger charge is 2.51. The van der Waals surface area contributed by atoms with Crippen LogP contribution in [0, 0.1) is 0 Å². The van der Waals surface area contributed by atoms with Gasteiger partial charge in [0, 0.05) is 32.9 Å². The Bertz CT molecular complexity index is 3710. The maximum absolute atomic E-state index is 6.95. The Labute approximate surface area is 386 Å². The summed E-state index contributed by atoms with van der Waals surface area (Å²) in [4.78, 5) is 2.49. The first-order valence-corrected chi connectivity index (χ1v) is 23.3. The minimum atomic E-state index is -0.489. The summed E-state index contributed by atoms with van der Waals surface area (Å²) in [5.41, 5.74) is 21.0. The molecule has 2 aliphatic rings. The number of aromatic nitrogens is 1. The lowest BCUT2D eigenvalue weighted by Crippen LogP contribution is -2.26. The predicted octanol–water partition coefficient (Wildman–Crippen LogP) is 17.1. The van der Waals surface area contributed by atoms with Gasteiger partial charge in [-0.3, -0.25) is 0 Å². The molecule has 0 saturated heterocycles. The van der Waals surface area contributed by atoms with Crippen molar-refractivity contribution in [3.63, 3.8) is 0 Å². The zero-order valence-electron chi connectivity index (χ0n) is 38.3. The van der Waals surface area contributed by atoms with Gasteiger partial charge in [-0.15, -0.1) is 0 Å². The molecule has 0 fully saturated rings. The second-order valence-corrected chi connectivity index (χ2v) is 20.5. The van der Waals surface area contributed by atoms with Gasteiger partial charge in [-0.25, -0.2) is 0 Å². The summed E-state index contributed by atoms with van der Waals surface area (Å²) in [5.74, 6) is 0. The van der Waals surface area contributed by atoms with Crippen LogP contribution in [0.3, 0.4) is 0 Å². The molecule has 3 nitrogen and oxygen atoms in total. The Morgan fingerprint density at radius 2 is 0.939 bits per heavy atom. The van der Waals surface area contributed by atoms with Gasteiger partial charge in [0.25, 0.3) is 0 Å². The molecule has 2 heterocycles. The highest BCUT2D eigenvalue weighted by Crippen LogP contribution is 2.63. The molecule has 11 aromatic rings. The Morgan fingerprint density at radius 1 is 0.424 bits per heavy atom. The Morgan fingerprint density at radius 3 is 1.59 bits per heavy atom. The Hall–Kier alpha value is -7.62. The summed E-state index contributed by atoms with van der Waals surface area (Å²) >= 11 is 0. The molecule has 0 saturated carbocycles. The Balaban J connectivity index is 1.14. The van der Waals surface area contributed by atoms with Gasteiger partial charge in [-0.2, -0.15) is 0 Å². The number of benzene rings is 9. The first-order chi connectivity index (χ1) is 32.0. The summed E-state index contributed by atoms with van der Waals surface area (Å²) < 4.78 is 9.45. The number of fused-ring (bicyclic) bond motifs is 16. The number of furan rings is 1. The van der Waals surface area contributed by atoms with Crippen LogP contribution in [0.1, 0.15) is 74.9 Å². The van der Waals surface area contributed by atoms with E-state index in [1.807, 2.05) is 0 Å². The van der Waals surface area contributed by atoms with Crippen LogP contribution in [0.25, 0.3) is 71.7 Å². The van der Waals surface area contributed by atoms with Gasteiger partial charge in [0.05, 0.1) is 27.8 Å². The smallest absolute Gasteiger partial charge is 0.159 e. The van der Waals surface area contributed by atoms with Gasteiger partial charge in [0.2, 0.25) is 0 Å². The molecule has 0 amide bonds. The van der Waals surface area contributed by atoms with E-state index in [0.717, 1.165) is 44.5 Å². The van der Waals surface area contributed by atoms with Crippen molar-refractivity contribution in [2.45, 2.75) is 57.8 Å². The van der Waals surface area contributed by atoms with E-state index in [2.05, 4.69) is 245 Å². The standard InChI is InChI=1S/C63H50N2O/c1-61(2,3)39-35-40(62(4,5)6)37-42(36-39)65-54-28-15-10-23-49(54)59-55(29-18-30-56(59)65)64(57-31-17-24-48-47-22-11-16-32-58(47)66-60(48)57)41-33-34-46-45-21-9-14-27-52(45)63(53(46)38-41)50-25-12-7-19-43(50)44-20-8-13-26-51(44)63/h7-38H,1-6H3. The molecule has 66 heavy (non-hydrogen) atoms. The van der Waals surface area contributed by atoms with Crippen molar-refractivity contribution in [3.8, 4) is 27.9 Å². The molecule has 318 valence electrons. The maximum Gasteiger partial charge on any atom is 0.159 e. The molecule has 0 radical (unpaired) electrons. The molecule has 0 unspecified atom stereocenters. The number of nitrogens with zero attached hydrogens (tertiary/aromatic N) is 2. The average molecular weight is 851 g/mol. The zero-order valence-corrected chi connectivity index (χ0v) is 38.3. The van der Waals surface area contributed by atoms with Crippen LogP contribution in [-0.2, 0) is 16.2 Å². The molecular formula is C63H50N2O. The van der Waals surface area contributed by atoms with Crippen molar-refractivity contribution in [2.75, 3.05) is 4.90 Å². The predicted molar refractivity (Wildman–Crippen MR) is 276 cm³/mol. The molecule has 3 heteroatoms. The lowest BCUT2D eigenvalue weighted by molar-refractivity contribution is 0.568. The van der Waals surface area contributed by atoms with Crippen LogP contribution in [0.4, 0.5) is 17.1 Å². The van der Waals surface area contributed by atoms with Crippen molar-refractivity contribution in [1.29, 1.82) is 0 Å². The van der Waals surface area contributed by atoms with Crippen LogP contribution < -0.4 is 4.90 Å². The fourth-order valence-corrected chi connectivity index (χ4v) is 11.6. The third-order valence-electron chi connectivity index (χ3n) is 14.7. The maximum atomic E-state index is 6.95. The van der Waals surface area contributed by atoms with E-state index in [4.69, 9.17) is 4.42 Å².